The van der Waals surface area contributed by atoms with E-state index in [0.717, 1.165) is 0 Å². The van der Waals surface area contributed by atoms with Gasteiger partial charge in [0.05, 0.1) is 49.0 Å². The molecule has 10 rings (SSSR count). The third-order valence-electron chi connectivity index (χ3n) is 16.8. The Morgan fingerprint density at radius 1 is 0.584 bits per heavy atom. The standard InChI is InChI=1S/C31H36Cl3N5O2Si.C29H34Cl3N5O2Si.C6H14Si/c1-6-13-22-18-19-30-26(35-21(2)38-30)25(36-28(39(22)30)37-27(40)31(32,33)34)20-41-42(29(3,4)5,23-14-9-7-10-15-23)24-16-11-8-12-17-24;1-19-16-17-28-24(33-20(2)36-28)23(34-26(37(19)28)35-25(38)29(30,31)32)18-39-40(27(3,4)5,21-12-8-6-9-13-21)22-14-10-7-11-15-22;1-5-6-7(2,3)4/h6-12,14-19,22,25-26,35,38H,1-2,13,20H2,3-5H3,(H,36,37,40);6-17,19,23-24,33,36H,2,18H2,1,3-5H3,(H,34,35,38);5H,1,6H2,2-4H3/t22-,25-,26-,30+;19-,23+,24+,28-;/m01./s1. The Labute approximate surface area is 559 Å². The number of aliphatic imine (C=N–C) groups is 2. The molecule has 0 bridgehead atoms. The Morgan fingerprint density at radius 3 is 1.25 bits per heavy atom. The summed E-state index contributed by atoms with van der Waals surface area (Å²) in [7, 11) is -6.50. The van der Waals surface area contributed by atoms with E-state index in [2.05, 4.69) is 241 Å². The number of hydrogen-bond donors (Lipinski definition) is 6. The molecule has 4 aromatic rings. The fourth-order valence-electron chi connectivity index (χ4n) is 13.1. The predicted octanol–water partition coefficient (Wildman–Crippen LogP) is 10.6. The van der Waals surface area contributed by atoms with Gasteiger partial charge in [-0.2, -0.15) is 0 Å². The zero-order valence-electron chi connectivity index (χ0n) is 52.3. The van der Waals surface area contributed by atoms with E-state index >= 15 is 0 Å². The number of nitrogens with zero attached hydrogens (tertiary/aromatic N) is 4. The molecular weight excluding hydrogens is 1290 g/mol. The van der Waals surface area contributed by atoms with Gasteiger partial charge in [0.1, 0.15) is 12.1 Å². The highest BCUT2D eigenvalue weighted by Crippen LogP contribution is 2.44. The Kier molecular flexibility index (Phi) is 21.2. The quantitative estimate of drug-likeness (QED) is 0.0408. The Hall–Kier alpha value is -5.29. The molecule has 0 saturated carbocycles. The summed E-state index contributed by atoms with van der Waals surface area (Å²) >= 11 is 35.7. The number of alkyl halides is 6. The number of carbonyl (C=O) groups excluding carboxylic acids is 2. The summed E-state index contributed by atoms with van der Waals surface area (Å²) in [5.74, 6) is 0.340. The van der Waals surface area contributed by atoms with E-state index in [1.165, 1.54) is 26.8 Å². The topological polar surface area (TPSA) is 156 Å². The van der Waals surface area contributed by atoms with E-state index < -0.39 is 67.5 Å². The maximum atomic E-state index is 12.9. The second-order valence-corrected chi connectivity index (χ2v) is 45.0. The van der Waals surface area contributed by atoms with Crippen LogP contribution in [0.5, 0.6) is 0 Å². The van der Waals surface area contributed by atoms with Crippen LogP contribution in [-0.4, -0.2) is 127 Å². The lowest BCUT2D eigenvalue weighted by atomic mass is 9.93. The van der Waals surface area contributed by atoms with Gasteiger partial charge in [-0.1, -0.05) is 290 Å². The average Bonchev–Trinajstić information content (AvgIpc) is 1.65. The van der Waals surface area contributed by atoms with E-state index in [0.29, 0.717) is 30.0 Å². The highest BCUT2D eigenvalue weighted by Gasteiger charge is 2.62. The van der Waals surface area contributed by atoms with Crippen LogP contribution in [0, 0.1) is 0 Å². The van der Waals surface area contributed by atoms with Gasteiger partial charge in [-0.25, -0.2) is 9.98 Å². The van der Waals surface area contributed by atoms with Crippen molar-refractivity contribution in [3.05, 3.63) is 196 Å². The second kappa shape index (κ2) is 27.1. The van der Waals surface area contributed by atoms with Crippen LogP contribution in [0.4, 0.5) is 0 Å². The van der Waals surface area contributed by atoms with Gasteiger partial charge in [0.2, 0.25) is 11.9 Å². The highest BCUT2D eigenvalue weighted by molar-refractivity contribution is 7.00. The summed E-state index contributed by atoms with van der Waals surface area (Å²) in [5, 5.41) is 23.8. The molecule has 6 aliphatic heterocycles. The molecule has 0 aliphatic carbocycles. The Morgan fingerprint density at radius 2 is 0.933 bits per heavy atom. The fraction of sp³-hybridized carbons (Fsp3) is 0.394. The monoisotopic (exact) mass is 1370 g/mol. The van der Waals surface area contributed by atoms with E-state index in [1.54, 1.807) is 0 Å². The zero-order chi connectivity index (χ0) is 65.2. The van der Waals surface area contributed by atoms with Crippen LogP contribution in [0.15, 0.2) is 206 Å². The largest absolute Gasteiger partial charge is 0.405 e. The molecule has 2 fully saturated rings. The minimum absolute atomic E-state index is 0.0873. The molecule has 2 amide bonds. The van der Waals surface area contributed by atoms with E-state index in [4.69, 9.17) is 88.4 Å². The predicted molar refractivity (Wildman–Crippen MR) is 379 cm³/mol. The first-order chi connectivity index (χ1) is 41.7. The molecule has 476 valence electrons. The van der Waals surface area contributed by atoms with Gasteiger partial charge in [-0.15, -0.1) is 13.2 Å². The van der Waals surface area contributed by atoms with Crippen molar-refractivity contribution < 1.29 is 18.4 Å². The van der Waals surface area contributed by atoms with Gasteiger partial charge in [0.15, 0.2) is 11.3 Å². The van der Waals surface area contributed by atoms with Crippen molar-refractivity contribution in [2.45, 2.75) is 146 Å². The van der Waals surface area contributed by atoms with Crippen molar-refractivity contribution in [2.75, 3.05) is 13.2 Å². The van der Waals surface area contributed by atoms with Crippen LogP contribution < -0.4 is 52.6 Å². The van der Waals surface area contributed by atoms with Crippen molar-refractivity contribution in [1.82, 2.24) is 41.7 Å². The normalized spacial score (nSPS) is 24.4. The molecule has 4 aromatic carbocycles. The maximum absolute atomic E-state index is 12.9. The lowest BCUT2D eigenvalue weighted by Gasteiger charge is -2.49. The van der Waals surface area contributed by atoms with Crippen molar-refractivity contribution in [3.63, 3.8) is 0 Å². The molecule has 89 heavy (non-hydrogen) atoms. The minimum Gasteiger partial charge on any atom is -0.405 e. The van der Waals surface area contributed by atoms with Gasteiger partial charge in [-0.3, -0.25) is 20.2 Å². The van der Waals surface area contributed by atoms with Crippen LogP contribution in [0.25, 0.3) is 0 Å². The highest BCUT2D eigenvalue weighted by atomic mass is 35.6. The van der Waals surface area contributed by atoms with Gasteiger partial charge < -0.3 is 39.9 Å². The number of amides is 2. The number of nitrogens with one attached hydrogen (secondary N) is 6. The van der Waals surface area contributed by atoms with Crippen LogP contribution in [0.1, 0.15) is 54.9 Å². The number of halogens is 6. The number of benzene rings is 4. The first-order valence-electron chi connectivity index (χ1n) is 29.8. The second-order valence-electron chi connectivity index (χ2n) is 26.3. The van der Waals surface area contributed by atoms with Crippen molar-refractivity contribution in [2.24, 2.45) is 9.98 Å². The van der Waals surface area contributed by atoms with E-state index in [9.17, 15) is 9.59 Å². The molecule has 0 aromatic heterocycles. The molecule has 6 heterocycles. The average molecular weight is 1380 g/mol. The minimum atomic E-state index is -2.88. The number of hydrogen-bond acceptors (Lipinski definition) is 12. The Balaban J connectivity index is 0.000000208. The lowest BCUT2D eigenvalue weighted by Crippen LogP contribution is -2.72. The van der Waals surface area contributed by atoms with Crippen LogP contribution in [0.3, 0.4) is 0 Å². The van der Waals surface area contributed by atoms with Crippen LogP contribution >= 0.6 is 69.6 Å². The molecule has 14 nitrogen and oxygen atoms in total. The summed E-state index contributed by atoms with van der Waals surface area (Å²) in [5.41, 5.74) is -1.50. The van der Waals surface area contributed by atoms with Crippen LogP contribution in [-0.2, 0) is 18.4 Å². The SMILES string of the molecule is C=C1N[C@H]2[C@H](CO[Si](c3ccccc3)(c3ccccc3)C(C)(C)C)N=C(NC(=O)C(Cl)(Cl)Cl)N3[C@H](C)C=C[C@]23N1.C=CC[C@H]1C=C[C@]23NC(=C)N[C@H]2[C@H](CO[Si](c2ccccc2)(c2ccccc2)C(C)(C)C)N=C(NC(=O)C(Cl)(Cl)Cl)N13.C=CC[Si](C)(C)C. The first-order valence-corrected chi connectivity index (χ1v) is 39.6. The molecule has 2 spiro atoms. The fourth-order valence-corrected chi connectivity index (χ4v) is 23.4. The van der Waals surface area contributed by atoms with E-state index in [1.807, 2.05) is 53.1 Å². The third-order valence-corrected chi connectivity index (χ3v) is 29.3. The van der Waals surface area contributed by atoms with Crippen molar-refractivity contribution in [3.8, 4) is 0 Å². The number of carbonyl (C=O) groups is 2. The summed E-state index contributed by atoms with van der Waals surface area (Å²) in [4.78, 5) is 39.8. The first kappa shape index (κ1) is 69.6. The molecule has 0 radical (unpaired) electrons. The smallest absolute Gasteiger partial charge is 0.278 e. The van der Waals surface area contributed by atoms with Gasteiger partial charge >= 0.3 is 0 Å². The van der Waals surface area contributed by atoms with Gasteiger partial charge in [0.25, 0.3) is 36.0 Å². The van der Waals surface area contributed by atoms with Gasteiger partial charge in [0, 0.05) is 8.07 Å². The van der Waals surface area contributed by atoms with Crippen LogP contribution in [0.2, 0.25) is 35.8 Å². The maximum Gasteiger partial charge on any atom is 0.278 e. The summed E-state index contributed by atoms with van der Waals surface area (Å²) < 4.78 is 10.2. The molecule has 8 atom stereocenters. The van der Waals surface area contributed by atoms with E-state index in [-0.39, 0.29) is 47.5 Å². The summed E-state index contributed by atoms with van der Waals surface area (Å²) in [6.45, 7) is 38.9. The number of rotatable bonds is 14. The lowest BCUT2D eigenvalue weighted by molar-refractivity contribution is -0.120. The third kappa shape index (κ3) is 14.4. The molecule has 2 saturated heterocycles. The molecule has 0 unspecified atom stereocenters. The van der Waals surface area contributed by atoms with Gasteiger partial charge in [-0.05, 0) is 62.4 Å². The Bertz CT molecular complexity index is 3270. The zero-order valence-corrected chi connectivity index (χ0v) is 59.9. The molecule has 23 heteroatoms. The molecular formula is C66H84Cl6N10O4Si3. The summed E-state index contributed by atoms with van der Waals surface area (Å²) in [6.07, 6.45) is 12.8. The number of allylic oxidation sites excluding steroid dienone is 1. The molecule has 6 N–H and O–H groups in total. The summed E-state index contributed by atoms with van der Waals surface area (Å²) in [6, 6.07) is 41.5. The van der Waals surface area contributed by atoms with Crippen molar-refractivity contribution >= 4 is 139 Å². The van der Waals surface area contributed by atoms with Crippen molar-refractivity contribution in [1.29, 1.82) is 0 Å². The molecule has 6 aliphatic rings. The number of guanidine groups is 2.